The second kappa shape index (κ2) is 8.44. The molecule has 1 saturated heterocycles. The largest absolute Gasteiger partial charge is 0.498 e. The van der Waals surface area contributed by atoms with E-state index in [1.165, 1.54) is 0 Å². The van der Waals surface area contributed by atoms with Gasteiger partial charge in [-0.2, -0.15) is 0 Å². The third-order valence-electron chi connectivity index (χ3n) is 5.92. The Hall–Kier alpha value is -2.56. The molecule has 1 aromatic rings. The van der Waals surface area contributed by atoms with Crippen LogP contribution in [0.3, 0.4) is 0 Å². The molecule has 0 bridgehead atoms. The Labute approximate surface area is 171 Å². The van der Waals surface area contributed by atoms with Crippen molar-refractivity contribution in [3.05, 3.63) is 63.3 Å². The van der Waals surface area contributed by atoms with Gasteiger partial charge < -0.3 is 15.0 Å². The number of allylic oxidation sites excluding steroid dienone is 5. The smallest absolute Gasteiger partial charge is 0.251 e. The number of pyridine rings is 1. The van der Waals surface area contributed by atoms with Crippen LogP contribution in [0.15, 0.2) is 46.5 Å². The summed E-state index contributed by atoms with van der Waals surface area (Å²) in [5.41, 5.74) is 3.90. The lowest BCUT2D eigenvalue weighted by Crippen LogP contribution is -2.24. The van der Waals surface area contributed by atoms with Crippen LogP contribution in [-0.4, -0.2) is 23.5 Å². The minimum Gasteiger partial charge on any atom is -0.498 e. The van der Waals surface area contributed by atoms with Crippen molar-refractivity contribution in [1.29, 1.82) is 0 Å². The average Bonchev–Trinajstić information content (AvgIpc) is 3.46. The number of ether oxygens (including phenoxy) is 1. The summed E-state index contributed by atoms with van der Waals surface area (Å²) in [5, 5.41) is 3.02. The first kappa shape index (κ1) is 19.7. The highest BCUT2D eigenvalue weighted by molar-refractivity contribution is 5.82. The maximum Gasteiger partial charge on any atom is 0.251 e. The Morgan fingerprint density at radius 1 is 1.21 bits per heavy atom. The highest BCUT2D eigenvalue weighted by Gasteiger charge is 2.27. The summed E-state index contributed by atoms with van der Waals surface area (Å²) >= 11 is 0. The Kier molecular flexibility index (Phi) is 5.74. The number of carbonyl (C=O) groups excluding carboxylic acids is 1. The number of nitrogens with one attached hydrogen (secondary N) is 2. The van der Waals surface area contributed by atoms with Gasteiger partial charge in [-0.25, -0.2) is 0 Å². The summed E-state index contributed by atoms with van der Waals surface area (Å²) in [6.07, 6.45) is 11.6. The highest BCUT2D eigenvalue weighted by Crippen LogP contribution is 2.39. The molecule has 2 heterocycles. The van der Waals surface area contributed by atoms with E-state index in [2.05, 4.69) is 42.4 Å². The fraction of sp³-hybridized carbons (Fsp3) is 0.500. The number of aromatic amines is 1. The molecule has 5 nitrogen and oxygen atoms in total. The van der Waals surface area contributed by atoms with Gasteiger partial charge in [0.05, 0.1) is 12.4 Å². The molecule has 0 radical (unpaired) electrons. The van der Waals surface area contributed by atoms with Gasteiger partial charge in [0.2, 0.25) is 5.91 Å². The summed E-state index contributed by atoms with van der Waals surface area (Å²) in [6, 6.07) is 4.00. The average molecular weight is 395 g/mol. The summed E-state index contributed by atoms with van der Waals surface area (Å²) in [7, 11) is 0. The van der Waals surface area contributed by atoms with Crippen molar-refractivity contribution in [3.8, 4) is 0 Å². The predicted octanol–water partition coefficient (Wildman–Crippen LogP) is 4.19. The van der Waals surface area contributed by atoms with Crippen LogP contribution in [0.4, 0.5) is 0 Å². The molecular weight excluding hydrogens is 364 g/mol. The summed E-state index contributed by atoms with van der Waals surface area (Å²) < 4.78 is 5.88. The second-order valence-corrected chi connectivity index (χ2v) is 8.44. The molecule has 1 unspecified atom stereocenters. The van der Waals surface area contributed by atoms with E-state index in [0.717, 1.165) is 66.9 Å². The monoisotopic (exact) mass is 394 g/mol. The van der Waals surface area contributed by atoms with Crippen LogP contribution in [0.1, 0.15) is 69.5 Å². The second-order valence-electron chi connectivity index (χ2n) is 8.44. The van der Waals surface area contributed by atoms with Gasteiger partial charge in [0.1, 0.15) is 0 Å². The third kappa shape index (κ3) is 4.55. The molecule has 1 aliphatic heterocycles. The molecular formula is C24H30N2O3. The number of H-pyrrole nitrogens is 1. The minimum atomic E-state index is 0.00188. The van der Waals surface area contributed by atoms with Gasteiger partial charge in [-0.1, -0.05) is 32.1 Å². The molecule has 2 N–H and O–H groups in total. The lowest BCUT2D eigenvalue weighted by molar-refractivity contribution is -0.119. The molecule has 154 valence electrons. The van der Waals surface area contributed by atoms with Crippen LogP contribution in [0.5, 0.6) is 0 Å². The van der Waals surface area contributed by atoms with Crippen LogP contribution in [0.2, 0.25) is 0 Å². The van der Waals surface area contributed by atoms with Gasteiger partial charge in [0.25, 0.3) is 5.56 Å². The van der Waals surface area contributed by atoms with E-state index >= 15 is 0 Å². The molecule has 1 aromatic heterocycles. The van der Waals surface area contributed by atoms with Crippen LogP contribution in [0.25, 0.3) is 5.57 Å². The first-order valence-electron chi connectivity index (χ1n) is 10.8. The van der Waals surface area contributed by atoms with Crippen molar-refractivity contribution >= 4 is 11.5 Å². The van der Waals surface area contributed by atoms with E-state index in [1.54, 1.807) is 0 Å². The van der Waals surface area contributed by atoms with Crippen molar-refractivity contribution < 1.29 is 9.53 Å². The molecule has 3 aliphatic rings. The molecule has 1 saturated carbocycles. The van der Waals surface area contributed by atoms with Crippen molar-refractivity contribution in [3.63, 3.8) is 0 Å². The SMILES string of the molecule is CCCOC1=CC=C(/C(=C\[C@H]2CCC(=O)N2)c2ccc(C3CC3)c(=O)[nH]2)CC1C. The number of carbonyl (C=O) groups is 1. The van der Waals surface area contributed by atoms with Crippen LogP contribution in [-0.2, 0) is 9.53 Å². The van der Waals surface area contributed by atoms with Gasteiger partial charge in [-0.3, -0.25) is 9.59 Å². The lowest BCUT2D eigenvalue weighted by Gasteiger charge is -2.24. The highest BCUT2D eigenvalue weighted by atomic mass is 16.5. The summed E-state index contributed by atoms with van der Waals surface area (Å²) in [6.45, 7) is 5.00. The van der Waals surface area contributed by atoms with E-state index < -0.39 is 0 Å². The van der Waals surface area contributed by atoms with Crippen molar-refractivity contribution in [1.82, 2.24) is 10.3 Å². The van der Waals surface area contributed by atoms with E-state index in [-0.39, 0.29) is 23.4 Å². The molecule has 1 amide bonds. The number of hydrogen-bond donors (Lipinski definition) is 2. The van der Waals surface area contributed by atoms with Gasteiger partial charge in [-0.05, 0) is 61.3 Å². The van der Waals surface area contributed by atoms with Crippen LogP contribution >= 0.6 is 0 Å². The van der Waals surface area contributed by atoms with E-state index in [4.69, 9.17) is 4.74 Å². The number of amides is 1. The fourth-order valence-electron chi connectivity index (χ4n) is 4.15. The summed E-state index contributed by atoms with van der Waals surface area (Å²) in [5.74, 6) is 1.80. The van der Waals surface area contributed by atoms with Crippen LogP contribution in [0, 0.1) is 5.92 Å². The maximum absolute atomic E-state index is 12.6. The van der Waals surface area contributed by atoms with E-state index in [9.17, 15) is 9.59 Å². The van der Waals surface area contributed by atoms with Crippen LogP contribution < -0.4 is 10.9 Å². The number of rotatable bonds is 7. The van der Waals surface area contributed by atoms with E-state index in [1.807, 2.05) is 12.1 Å². The van der Waals surface area contributed by atoms with Crippen molar-refractivity contribution in [2.75, 3.05) is 6.61 Å². The summed E-state index contributed by atoms with van der Waals surface area (Å²) in [4.78, 5) is 27.4. The molecule has 2 atom stereocenters. The molecule has 2 fully saturated rings. The minimum absolute atomic E-state index is 0.00188. The first-order chi connectivity index (χ1) is 14.0. The third-order valence-corrected chi connectivity index (χ3v) is 5.92. The van der Waals surface area contributed by atoms with Gasteiger partial charge in [-0.15, -0.1) is 0 Å². The van der Waals surface area contributed by atoms with Gasteiger partial charge in [0.15, 0.2) is 0 Å². The zero-order valence-corrected chi connectivity index (χ0v) is 17.3. The quantitative estimate of drug-likeness (QED) is 0.728. The maximum atomic E-state index is 12.6. The Balaban J connectivity index is 1.68. The Morgan fingerprint density at radius 3 is 2.66 bits per heavy atom. The fourth-order valence-corrected chi connectivity index (χ4v) is 4.15. The lowest BCUT2D eigenvalue weighted by atomic mass is 9.87. The normalized spacial score (nSPS) is 24.8. The van der Waals surface area contributed by atoms with Crippen molar-refractivity contribution in [2.24, 2.45) is 5.92 Å². The first-order valence-corrected chi connectivity index (χ1v) is 10.8. The van der Waals surface area contributed by atoms with E-state index in [0.29, 0.717) is 12.3 Å². The zero-order valence-electron chi connectivity index (χ0n) is 17.3. The molecule has 2 aliphatic carbocycles. The number of aromatic nitrogens is 1. The molecule has 5 heteroatoms. The molecule has 29 heavy (non-hydrogen) atoms. The molecule has 0 spiro atoms. The predicted molar refractivity (Wildman–Crippen MR) is 114 cm³/mol. The Morgan fingerprint density at radius 2 is 2.03 bits per heavy atom. The standard InChI is InChI=1S/C24H30N2O3/c1-3-12-29-22-10-6-17(13-15(22)2)20(14-18-7-11-23(27)25-18)21-9-8-19(16-4-5-16)24(28)26-21/h6,8-10,14-16,18H,3-5,7,11-13H2,1-2H3,(H,25,27)(H,26,28)/b20-14+/t15?,18-/m1/s1. The van der Waals surface area contributed by atoms with Crippen molar-refractivity contribution in [2.45, 2.75) is 64.3 Å². The van der Waals surface area contributed by atoms with Gasteiger partial charge in [0, 0.05) is 29.6 Å². The molecule has 0 aromatic carbocycles. The topological polar surface area (TPSA) is 71.2 Å². The van der Waals surface area contributed by atoms with Gasteiger partial charge >= 0.3 is 0 Å². The Bertz CT molecular complexity index is 934. The zero-order chi connectivity index (χ0) is 20.4. The molecule has 4 rings (SSSR count). The number of hydrogen-bond acceptors (Lipinski definition) is 3.